The molecule has 1 aliphatic rings. The molecule has 3 rings (SSSR count). The third-order valence-electron chi connectivity index (χ3n) is 4.65. The van der Waals surface area contributed by atoms with Gasteiger partial charge < -0.3 is 9.09 Å². The molecule has 1 saturated carbocycles. The topological polar surface area (TPSA) is 60.0 Å². The second-order valence-corrected chi connectivity index (χ2v) is 7.46. The first kappa shape index (κ1) is 17.1. The Kier molecular flexibility index (Phi) is 5.66. The highest BCUT2D eigenvalue weighted by Crippen LogP contribution is 2.29. The fourth-order valence-corrected chi connectivity index (χ4v) is 3.51. The quantitative estimate of drug-likeness (QED) is 0.776. The van der Waals surface area contributed by atoms with E-state index in [1.807, 2.05) is 12.5 Å². The third kappa shape index (κ3) is 4.44. The van der Waals surface area contributed by atoms with Gasteiger partial charge in [-0.1, -0.05) is 38.3 Å². The van der Waals surface area contributed by atoms with E-state index in [2.05, 4.69) is 45.5 Å². The van der Waals surface area contributed by atoms with E-state index in [0.717, 1.165) is 18.8 Å². The Bertz CT molecular complexity index is 627. The van der Waals surface area contributed by atoms with Crippen molar-refractivity contribution in [3.05, 3.63) is 29.9 Å². The van der Waals surface area contributed by atoms with Gasteiger partial charge in [-0.25, -0.2) is 4.98 Å². The molecule has 1 fully saturated rings. The predicted molar refractivity (Wildman–Crippen MR) is 92.4 cm³/mol. The van der Waals surface area contributed by atoms with Gasteiger partial charge in [-0.3, -0.25) is 4.90 Å². The summed E-state index contributed by atoms with van der Waals surface area (Å²) in [6, 6.07) is 0.616. The average Bonchev–Trinajstić information content (AvgIpc) is 3.17. The summed E-state index contributed by atoms with van der Waals surface area (Å²) >= 11 is 0. The minimum Gasteiger partial charge on any atom is -0.338 e. The van der Waals surface area contributed by atoms with Crippen LogP contribution in [0.1, 0.15) is 69.4 Å². The van der Waals surface area contributed by atoms with Crippen molar-refractivity contribution < 1.29 is 4.52 Å². The van der Waals surface area contributed by atoms with Gasteiger partial charge in [-0.2, -0.15) is 4.98 Å². The highest BCUT2D eigenvalue weighted by atomic mass is 16.5. The number of imidazole rings is 1. The van der Waals surface area contributed by atoms with E-state index in [0.29, 0.717) is 24.4 Å². The summed E-state index contributed by atoms with van der Waals surface area (Å²) in [5.74, 6) is 2.04. The van der Waals surface area contributed by atoms with Gasteiger partial charge >= 0.3 is 0 Å². The van der Waals surface area contributed by atoms with Crippen LogP contribution in [0, 0.1) is 5.92 Å². The van der Waals surface area contributed by atoms with Gasteiger partial charge in [-0.15, -0.1) is 0 Å². The van der Waals surface area contributed by atoms with E-state index in [1.165, 1.54) is 37.8 Å². The van der Waals surface area contributed by atoms with Crippen molar-refractivity contribution in [2.75, 3.05) is 7.05 Å². The third-order valence-corrected chi connectivity index (χ3v) is 4.65. The highest BCUT2D eigenvalue weighted by molar-refractivity contribution is 5.01. The SMILES string of the molecule is CC(C)Cc1noc(CN(C)Cc2cncn2C2CCCCC2)n1. The molecule has 6 heteroatoms. The normalized spacial score (nSPS) is 16.4. The van der Waals surface area contributed by atoms with Crippen LogP contribution in [0.5, 0.6) is 0 Å². The summed E-state index contributed by atoms with van der Waals surface area (Å²) in [5.41, 5.74) is 1.27. The zero-order valence-corrected chi connectivity index (χ0v) is 15.1. The van der Waals surface area contributed by atoms with Gasteiger partial charge in [-0.05, 0) is 25.8 Å². The average molecular weight is 331 g/mol. The van der Waals surface area contributed by atoms with E-state index in [-0.39, 0.29) is 0 Å². The summed E-state index contributed by atoms with van der Waals surface area (Å²) < 4.78 is 7.75. The fraction of sp³-hybridized carbons (Fsp3) is 0.722. The monoisotopic (exact) mass is 331 g/mol. The Hall–Kier alpha value is -1.69. The van der Waals surface area contributed by atoms with Gasteiger partial charge in [0, 0.05) is 25.2 Å². The molecular formula is C18H29N5O. The van der Waals surface area contributed by atoms with Crippen LogP contribution < -0.4 is 0 Å². The standard InChI is InChI=1S/C18H29N5O/c1-14(2)9-17-20-18(24-21-17)12-22(3)11-16-10-19-13-23(16)15-7-5-4-6-8-15/h10,13-15H,4-9,11-12H2,1-3H3. The van der Waals surface area contributed by atoms with Crippen LogP contribution in [-0.4, -0.2) is 31.6 Å². The maximum absolute atomic E-state index is 5.38. The Labute approximate surface area is 144 Å². The van der Waals surface area contributed by atoms with Crippen molar-refractivity contribution in [2.24, 2.45) is 5.92 Å². The van der Waals surface area contributed by atoms with Crippen molar-refractivity contribution in [3.63, 3.8) is 0 Å². The molecule has 0 amide bonds. The lowest BCUT2D eigenvalue weighted by Gasteiger charge is -2.26. The maximum Gasteiger partial charge on any atom is 0.240 e. The number of rotatable bonds is 7. The molecule has 0 radical (unpaired) electrons. The van der Waals surface area contributed by atoms with E-state index in [9.17, 15) is 0 Å². The molecule has 132 valence electrons. The zero-order valence-electron chi connectivity index (χ0n) is 15.1. The molecule has 2 aromatic rings. The molecule has 6 nitrogen and oxygen atoms in total. The number of hydrogen-bond acceptors (Lipinski definition) is 5. The van der Waals surface area contributed by atoms with E-state index in [4.69, 9.17) is 4.52 Å². The van der Waals surface area contributed by atoms with Gasteiger partial charge in [0.15, 0.2) is 5.82 Å². The lowest BCUT2D eigenvalue weighted by Crippen LogP contribution is -2.22. The largest absolute Gasteiger partial charge is 0.338 e. The van der Waals surface area contributed by atoms with Crippen LogP contribution in [0.3, 0.4) is 0 Å². The van der Waals surface area contributed by atoms with Crippen molar-refractivity contribution >= 4 is 0 Å². The molecule has 2 heterocycles. The van der Waals surface area contributed by atoms with E-state index in [1.54, 1.807) is 0 Å². The molecule has 24 heavy (non-hydrogen) atoms. The van der Waals surface area contributed by atoms with Crippen LogP contribution in [0.15, 0.2) is 17.0 Å². The molecule has 0 saturated heterocycles. The van der Waals surface area contributed by atoms with Gasteiger partial charge in [0.25, 0.3) is 0 Å². The highest BCUT2D eigenvalue weighted by Gasteiger charge is 2.18. The molecule has 0 bridgehead atoms. The molecule has 0 N–H and O–H groups in total. The first-order chi connectivity index (χ1) is 11.6. The lowest BCUT2D eigenvalue weighted by molar-refractivity contribution is 0.249. The molecule has 0 aromatic carbocycles. The molecule has 2 aromatic heterocycles. The molecular weight excluding hydrogens is 302 g/mol. The summed E-state index contributed by atoms with van der Waals surface area (Å²) in [6.45, 7) is 5.84. The van der Waals surface area contributed by atoms with Gasteiger partial charge in [0.1, 0.15) is 0 Å². The van der Waals surface area contributed by atoms with Crippen molar-refractivity contribution in [1.82, 2.24) is 24.6 Å². The first-order valence-corrected chi connectivity index (χ1v) is 9.12. The molecule has 0 aliphatic heterocycles. The minimum atomic E-state index is 0.540. The molecule has 0 atom stereocenters. The lowest BCUT2D eigenvalue weighted by atomic mass is 9.95. The Balaban J connectivity index is 1.58. The number of nitrogens with zero attached hydrogens (tertiary/aromatic N) is 5. The summed E-state index contributed by atoms with van der Waals surface area (Å²) in [7, 11) is 2.09. The van der Waals surface area contributed by atoms with Crippen molar-refractivity contribution in [2.45, 2.75) is 71.5 Å². The fourth-order valence-electron chi connectivity index (χ4n) is 3.51. The summed E-state index contributed by atoms with van der Waals surface area (Å²) in [5, 5.41) is 4.07. The Morgan fingerprint density at radius 1 is 1.25 bits per heavy atom. The minimum absolute atomic E-state index is 0.540. The van der Waals surface area contributed by atoms with Crippen LogP contribution in [-0.2, 0) is 19.5 Å². The first-order valence-electron chi connectivity index (χ1n) is 9.12. The van der Waals surface area contributed by atoms with Gasteiger partial charge in [0.2, 0.25) is 5.89 Å². The summed E-state index contributed by atoms with van der Waals surface area (Å²) in [4.78, 5) is 11.1. The molecule has 0 unspecified atom stereocenters. The van der Waals surface area contributed by atoms with Crippen molar-refractivity contribution in [1.29, 1.82) is 0 Å². The Morgan fingerprint density at radius 2 is 2.04 bits per heavy atom. The summed E-state index contributed by atoms with van der Waals surface area (Å²) in [6.07, 6.45) is 11.4. The van der Waals surface area contributed by atoms with Gasteiger partial charge in [0.05, 0.1) is 18.6 Å². The van der Waals surface area contributed by atoms with Crippen molar-refractivity contribution in [3.8, 4) is 0 Å². The number of aromatic nitrogens is 4. The number of hydrogen-bond donors (Lipinski definition) is 0. The van der Waals surface area contributed by atoms with Crippen LogP contribution in [0.2, 0.25) is 0 Å². The predicted octanol–water partition coefficient (Wildman–Crippen LogP) is 3.60. The maximum atomic E-state index is 5.38. The van der Waals surface area contributed by atoms with E-state index < -0.39 is 0 Å². The van der Waals surface area contributed by atoms with Crippen LogP contribution >= 0.6 is 0 Å². The molecule has 0 spiro atoms. The second kappa shape index (κ2) is 7.92. The Morgan fingerprint density at radius 3 is 2.79 bits per heavy atom. The zero-order chi connectivity index (χ0) is 16.9. The smallest absolute Gasteiger partial charge is 0.240 e. The van der Waals surface area contributed by atoms with Crippen LogP contribution in [0.4, 0.5) is 0 Å². The second-order valence-electron chi connectivity index (χ2n) is 7.46. The van der Waals surface area contributed by atoms with Crippen LogP contribution in [0.25, 0.3) is 0 Å². The molecule has 1 aliphatic carbocycles. The van der Waals surface area contributed by atoms with E-state index >= 15 is 0 Å².